The Morgan fingerprint density at radius 2 is 0.521 bits per heavy atom. The van der Waals surface area contributed by atoms with Crippen molar-refractivity contribution in [3.63, 3.8) is 0 Å². The predicted molar refractivity (Wildman–Crippen MR) is 174 cm³/mol. The van der Waals surface area contributed by atoms with Crippen LogP contribution in [0, 0.1) is 0 Å². The molecule has 1 N–H and O–H groups in total. The number of carbonyl (C=O) groups is 1. The van der Waals surface area contributed by atoms with Crippen molar-refractivity contribution in [3.8, 4) is 0 Å². The van der Waals surface area contributed by atoms with Gasteiger partial charge in [-0.3, -0.25) is 0 Å². The first-order valence-corrected chi connectivity index (χ1v) is 16.6. The molecule has 0 aliphatic heterocycles. The highest BCUT2D eigenvalue weighted by Gasteiger charge is 2.02. The zero-order valence-electron chi connectivity index (χ0n) is 29.1. The van der Waals surface area contributed by atoms with E-state index in [1.54, 1.807) is 6.92 Å². The maximum Gasteiger partial charge on any atom is 0.333 e. The van der Waals surface area contributed by atoms with Crippen LogP contribution in [0.3, 0.4) is 0 Å². The SMILES string of the molecule is C=C(C)C(=O)OCCOCCOCCOCCOCCOCCOCCOCCOCCOCCOCCOCCOCCOCCO. The normalized spacial score (nSPS) is 11.4. The average molecular weight is 703 g/mol. The number of aliphatic hydroxyl groups excluding tert-OH is 1. The third-order valence-electron chi connectivity index (χ3n) is 5.51. The van der Waals surface area contributed by atoms with Crippen LogP contribution in [0.2, 0.25) is 0 Å². The van der Waals surface area contributed by atoms with Crippen molar-refractivity contribution in [3.05, 3.63) is 12.2 Å². The van der Waals surface area contributed by atoms with Gasteiger partial charge in [0.05, 0.1) is 178 Å². The topological polar surface area (TPSA) is 167 Å². The van der Waals surface area contributed by atoms with Crippen LogP contribution in [0.4, 0.5) is 0 Å². The fraction of sp³-hybridized carbons (Fsp3) is 0.906. The van der Waals surface area contributed by atoms with Crippen LogP contribution in [0.5, 0.6) is 0 Å². The van der Waals surface area contributed by atoms with Gasteiger partial charge in [-0.2, -0.15) is 0 Å². The van der Waals surface area contributed by atoms with Gasteiger partial charge in [0.2, 0.25) is 0 Å². The van der Waals surface area contributed by atoms with Crippen molar-refractivity contribution < 1.29 is 76.2 Å². The number of hydrogen-bond donors (Lipinski definition) is 1. The van der Waals surface area contributed by atoms with Gasteiger partial charge in [0.1, 0.15) is 6.61 Å². The maximum atomic E-state index is 11.2. The van der Waals surface area contributed by atoms with Crippen molar-refractivity contribution in [1.29, 1.82) is 0 Å². The minimum absolute atomic E-state index is 0.0208. The largest absolute Gasteiger partial charge is 0.460 e. The average Bonchev–Trinajstić information content (AvgIpc) is 3.08. The molecule has 286 valence electrons. The second kappa shape index (κ2) is 41.8. The van der Waals surface area contributed by atoms with E-state index < -0.39 is 5.97 Å². The van der Waals surface area contributed by atoms with Gasteiger partial charge in [0.25, 0.3) is 0 Å². The Kier molecular flexibility index (Phi) is 40.6. The summed E-state index contributed by atoms with van der Waals surface area (Å²) in [6.07, 6.45) is 0. The fourth-order valence-corrected chi connectivity index (χ4v) is 3.12. The molecule has 0 aromatic carbocycles. The van der Waals surface area contributed by atoms with Gasteiger partial charge in [-0.1, -0.05) is 6.58 Å². The summed E-state index contributed by atoms with van der Waals surface area (Å²) in [6, 6.07) is 0. The van der Waals surface area contributed by atoms with Gasteiger partial charge in [-0.25, -0.2) is 4.79 Å². The lowest BCUT2D eigenvalue weighted by molar-refractivity contribution is -0.140. The summed E-state index contributed by atoms with van der Waals surface area (Å²) in [7, 11) is 0. The van der Waals surface area contributed by atoms with Crippen LogP contribution in [0.25, 0.3) is 0 Å². The lowest BCUT2D eigenvalue weighted by atomic mass is 10.4. The molecule has 0 aromatic rings. The first-order valence-electron chi connectivity index (χ1n) is 16.6. The lowest BCUT2D eigenvalue weighted by Gasteiger charge is -2.09. The molecule has 0 aromatic heterocycles. The zero-order chi connectivity index (χ0) is 34.9. The van der Waals surface area contributed by atoms with Gasteiger partial charge in [-0.05, 0) is 6.92 Å². The highest BCUT2D eigenvalue weighted by atomic mass is 16.6. The quantitative estimate of drug-likeness (QED) is 0.0524. The highest BCUT2D eigenvalue weighted by Crippen LogP contribution is 1.92. The Labute approximate surface area is 286 Å². The number of rotatable bonds is 42. The molecule has 0 bridgehead atoms. The van der Waals surface area contributed by atoms with Crippen LogP contribution in [0.1, 0.15) is 6.92 Å². The Hall–Kier alpha value is -1.35. The van der Waals surface area contributed by atoms with Crippen LogP contribution in [0.15, 0.2) is 12.2 Å². The smallest absolute Gasteiger partial charge is 0.333 e. The Bertz CT molecular complexity index is 658. The summed E-state index contributed by atoms with van der Waals surface area (Å²) in [5.74, 6) is -0.416. The Balaban J connectivity index is 3.07. The van der Waals surface area contributed by atoms with Gasteiger partial charge in [-0.15, -0.1) is 0 Å². The molecular weight excluding hydrogens is 640 g/mol. The van der Waals surface area contributed by atoms with E-state index in [-0.39, 0.29) is 13.2 Å². The molecule has 0 fully saturated rings. The Morgan fingerprint density at radius 1 is 0.354 bits per heavy atom. The zero-order valence-corrected chi connectivity index (χ0v) is 29.1. The van der Waals surface area contributed by atoms with Crippen LogP contribution < -0.4 is 0 Å². The molecule has 0 rings (SSSR count). The van der Waals surface area contributed by atoms with Crippen molar-refractivity contribution in [2.75, 3.05) is 185 Å². The summed E-state index contributed by atoms with van der Waals surface area (Å²) in [5, 5.41) is 8.58. The molecule has 0 saturated carbocycles. The minimum atomic E-state index is -0.416. The van der Waals surface area contributed by atoms with E-state index in [1.807, 2.05) is 0 Å². The van der Waals surface area contributed by atoms with E-state index in [9.17, 15) is 4.79 Å². The lowest BCUT2D eigenvalue weighted by Crippen LogP contribution is -2.16. The molecule has 0 saturated heterocycles. The molecular formula is C32H62O16. The van der Waals surface area contributed by atoms with Crippen molar-refractivity contribution in [2.24, 2.45) is 0 Å². The molecule has 48 heavy (non-hydrogen) atoms. The van der Waals surface area contributed by atoms with E-state index in [2.05, 4.69) is 6.58 Å². The van der Waals surface area contributed by atoms with Crippen LogP contribution in [-0.2, 0) is 71.1 Å². The number of aliphatic hydroxyl groups is 1. The summed E-state index contributed by atoms with van der Waals surface area (Å²) in [6.45, 7) is 17.6. The summed E-state index contributed by atoms with van der Waals surface area (Å²) in [5.41, 5.74) is 0.367. The molecule has 0 spiro atoms. The number of hydrogen-bond acceptors (Lipinski definition) is 16. The number of esters is 1. The van der Waals surface area contributed by atoms with Gasteiger partial charge < -0.3 is 71.4 Å². The first-order chi connectivity index (χ1) is 23.7. The molecule has 0 radical (unpaired) electrons. The standard InChI is InChI=1S/C32H62O16/c1-31(2)32(34)48-30-29-47-28-27-46-26-25-45-24-23-44-22-21-43-20-19-42-18-17-41-16-15-40-14-13-39-12-11-38-10-9-37-8-7-36-6-5-35-4-3-33/h33H,1,3-30H2,2H3. The summed E-state index contributed by atoms with van der Waals surface area (Å²) < 4.78 is 75.1. The van der Waals surface area contributed by atoms with E-state index >= 15 is 0 Å². The van der Waals surface area contributed by atoms with Crippen LogP contribution >= 0.6 is 0 Å². The molecule has 0 aliphatic carbocycles. The van der Waals surface area contributed by atoms with Gasteiger partial charge in [0.15, 0.2) is 0 Å². The second-order valence-corrected chi connectivity index (χ2v) is 9.60. The van der Waals surface area contributed by atoms with Gasteiger partial charge in [0, 0.05) is 5.57 Å². The van der Waals surface area contributed by atoms with Crippen LogP contribution in [-0.4, -0.2) is 196 Å². The molecule has 16 heteroatoms. The Morgan fingerprint density at radius 3 is 0.688 bits per heavy atom. The van der Waals surface area contributed by atoms with Crippen molar-refractivity contribution in [2.45, 2.75) is 6.92 Å². The van der Waals surface area contributed by atoms with E-state index in [0.29, 0.717) is 177 Å². The molecule has 0 aliphatic rings. The maximum absolute atomic E-state index is 11.2. The fourth-order valence-electron chi connectivity index (χ4n) is 3.12. The summed E-state index contributed by atoms with van der Waals surface area (Å²) in [4.78, 5) is 11.2. The van der Waals surface area contributed by atoms with Crippen molar-refractivity contribution in [1.82, 2.24) is 0 Å². The molecule has 0 heterocycles. The van der Waals surface area contributed by atoms with E-state index in [1.165, 1.54) is 0 Å². The monoisotopic (exact) mass is 702 g/mol. The third-order valence-corrected chi connectivity index (χ3v) is 5.51. The van der Waals surface area contributed by atoms with Gasteiger partial charge >= 0.3 is 5.97 Å². The molecule has 16 nitrogen and oxygen atoms in total. The second-order valence-electron chi connectivity index (χ2n) is 9.60. The summed E-state index contributed by atoms with van der Waals surface area (Å²) >= 11 is 0. The first kappa shape index (κ1) is 46.6. The third kappa shape index (κ3) is 40.8. The highest BCUT2D eigenvalue weighted by molar-refractivity contribution is 5.86. The molecule has 0 atom stereocenters. The van der Waals surface area contributed by atoms with E-state index in [0.717, 1.165) is 0 Å². The number of carbonyl (C=O) groups excluding carboxylic acids is 1. The van der Waals surface area contributed by atoms with Crippen molar-refractivity contribution >= 4 is 5.97 Å². The van der Waals surface area contributed by atoms with E-state index in [4.69, 9.17) is 71.4 Å². The molecule has 0 unspecified atom stereocenters. The number of ether oxygens (including phenoxy) is 14. The minimum Gasteiger partial charge on any atom is -0.460 e. The molecule has 0 amide bonds. The predicted octanol–water partition coefficient (Wildman–Crippen LogP) is 0.314.